The highest BCUT2D eigenvalue weighted by molar-refractivity contribution is 9.10. The molecule has 4 rings (SSSR count). The quantitative estimate of drug-likeness (QED) is 0.362. The molecule has 1 N–H and O–H groups in total. The molecule has 1 atom stereocenters. The number of aliphatic hydroxyl groups is 1. The largest absolute Gasteiger partial charge is 0.507 e. The SMILES string of the molecule is Cc1nnc(N2C(=O)C(=O)C(=C(O)c3ccccc3)C2c2ccc(Br)cc2)s1. The molecule has 28 heavy (non-hydrogen) atoms. The van der Waals surface area contributed by atoms with Gasteiger partial charge < -0.3 is 5.11 Å². The van der Waals surface area contributed by atoms with Crippen molar-refractivity contribution in [1.82, 2.24) is 10.2 Å². The average molecular weight is 456 g/mol. The minimum absolute atomic E-state index is 0.0337. The monoisotopic (exact) mass is 455 g/mol. The van der Waals surface area contributed by atoms with Crippen LogP contribution in [0.15, 0.2) is 64.6 Å². The number of amides is 1. The van der Waals surface area contributed by atoms with Crippen molar-refractivity contribution in [3.8, 4) is 0 Å². The summed E-state index contributed by atoms with van der Waals surface area (Å²) in [5.74, 6) is -1.70. The third-order valence-corrected chi connectivity index (χ3v) is 5.77. The molecular weight excluding hydrogens is 442 g/mol. The molecule has 2 heterocycles. The number of hydrogen-bond acceptors (Lipinski definition) is 6. The first-order valence-electron chi connectivity index (χ1n) is 8.39. The van der Waals surface area contributed by atoms with Gasteiger partial charge in [0.2, 0.25) is 5.13 Å². The molecule has 3 aromatic rings. The number of aromatic nitrogens is 2. The first-order valence-corrected chi connectivity index (χ1v) is 10.0. The van der Waals surface area contributed by atoms with Gasteiger partial charge in [0.25, 0.3) is 5.78 Å². The van der Waals surface area contributed by atoms with E-state index in [0.717, 1.165) is 4.47 Å². The lowest BCUT2D eigenvalue weighted by molar-refractivity contribution is -0.132. The highest BCUT2D eigenvalue weighted by Crippen LogP contribution is 2.43. The van der Waals surface area contributed by atoms with E-state index in [4.69, 9.17) is 0 Å². The fourth-order valence-corrected chi connectivity index (χ4v) is 4.10. The van der Waals surface area contributed by atoms with E-state index >= 15 is 0 Å². The topological polar surface area (TPSA) is 83.4 Å². The first kappa shape index (κ1) is 18.5. The third kappa shape index (κ3) is 3.14. The summed E-state index contributed by atoms with van der Waals surface area (Å²) in [6.07, 6.45) is 0. The van der Waals surface area contributed by atoms with Crippen molar-refractivity contribution >= 4 is 49.8 Å². The third-order valence-electron chi connectivity index (χ3n) is 4.40. The Morgan fingerprint density at radius 1 is 1.07 bits per heavy atom. The summed E-state index contributed by atoms with van der Waals surface area (Å²) in [4.78, 5) is 27.1. The Bertz CT molecular complexity index is 1090. The van der Waals surface area contributed by atoms with Crippen LogP contribution in [0.5, 0.6) is 0 Å². The van der Waals surface area contributed by atoms with Crippen LogP contribution in [0.2, 0.25) is 0 Å². The zero-order valence-electron chi connectivity index (χ0n) is 14.7. The van der Waals surface area contributed by atoms with Gasteiger partial charge in [0.05, 0.1) is 11.6 Å². The number of aryl methyl sites for hydroxylation is 1. The van der Waals surface area contributed by atoms with Crippen LogP contribution >= 0.6 is 27.3 Å². The number of rotatable bonds is 3. The number of carbonyl (C=O) groups is 2. The summed E-state index contributed by atoms with van der Waals surface area (Å²) < 4.78 is 0.864. The van der Waals surface area contributed by atoms with Crippen LogP contribution < -0.4 is 4.90 Å². The van der Waals surface area contributed by atoms with E-state index < -0.39 is 17.7 Å². The number of aliphatic hydroxyl groups excluding tert-OH is 1. The number of carbonyl (C=O) groups excluding carboxylic acids is 2. The van der Waals surface area contributed by atoms with Crippen LogP contribution in [-0.2, 0) is 9.59 Å². The highest BCUT2D eigenvalue weighted by atomic mass is 79.9. The Morgan fingerprint density at radius 2 is 1.75 bits per heavy atom. The fourth-order valence-electron chi connectivity index (χ4n) is 3.13. The summed E-state index contributed by atoms with van der Waals surface area (Å²) >= 11 is 4.61. The summed E-state index contributed by atoms with van der Waals surface area (Å²) in [5, 5.41) is 19.9. The summed E-state index contributed by atoms with van der Waals surface area (Å²) in [6, 6.07) is 15.2. The molecule has 6 nitrogen and oxygen atoms in total. The molecule has 0 bridgehead atoms. The molecule has 1 unspecified atom stereocenters. The van der Waals surface area contributed by atoms with Gasteiger partial charge in [0.15, 0.2) is 0 Å². The zero-order chi connectivity index (χ0) is 19.8. The second-order valence-corrected chi connectivity index (χ2v) is 8.27. The number of Topliss-reactive ketones (excluding diaryl/α,β-unsaturated/α-hetero) is 1. The van der Waals surface area contributed by atoms with E-state index in [9.17, 15) is 14.7 Å². The van der Waals surface area contributed by atoms with Crippen molar-refractivity contribution < 1.29 is 14.7 Å². The van der Waals surface area contributed by atoms with Crippen LogP contribution in [-0.4, -0.2) is 27.0 Å². The van der Waals surface area contributed by atoms with Crippen molar-refractivity contribution in [3.05, 3.63) is 80.8 Å². The number of hydrogen-bond donors (Lipinski definition) is 1. The van der Waals surface area contributed by atoms with Crippen LogP contribution in [0.1, 0.15) is 22.2 Å². The summed E-state index contributed by atoms with van der Waals surface area (Å²) in [5.41, 5.74) is 1.19. The van der Waals surface area contributed by atoms with E-state index in [-0.39, 0.29) is 11.3 Å². The molecule has 1 amide bonds. The van der Waals surface area contributed by atoms with Gasteiger partial charge in [0.1, 0.15) is 10.8 Å². The lowest BCUT2D eigenvalue weighted by atomic mass is 9.95. The minimum atomic E-state index is -0.791. The normalized spacial score (nSPS) is 18.6. The van der Waals surface area contributed by atoms with Crippen molar-refractivity contribution in [3.63, 3.8) is 0 Å². The van der Waals surface area contributed by atoms with Gasteiger partial charge >= 0.3 is 5.91 Å². The Balaban J connectivity index is 1.94. The Hall–Kier alpha value is -2.84. The molecular formula is C20H14BrN3O3S. The van der Waals surface area contributed by atoms with Gasteiger partial charge in [-0.15, -0.1) is 10.2 Å². The van der Waals surface area contributed by atoms with Crippen LogP contribution in [0.4, 0.5) is 5.13 Å². The molecule has 1 aliphatic heterocycles. The van der Waals surface area contributed by atoms with Crippen LogP contribution in [0.3, 0.4) is 0 Å². The molecule has 0 aliphatic carbocycles. The van der Waals surface area contributed by atoms with E-state index in [2.05, 4.69) is 26.1 Å². The summed E-state index contributed by atoms with van der Waals surface area (Å²) in [6.45, 7) is 1.77. The molecule has 8 heteroatoms. The van der Waals surface area contributed by atoms with Gasteiger partial charge in [-0.1, -0.05) is 69.7 Å². The lowest BCUT2D eigenvalue weighted by Gasteiger charge is -2.22. The number of ketones is 1. The van der Waals surface area contributed by atoms with Gasteiger partial charge in [-0.05, 0) is 24.6 Å². The predicted molar refractivity (Wildman–Crippen MR) is 110 cm³/mol. The number of halogens is 1. The zero-order valence-corrected chi connectivity index (χ0v) is 17.1. The lowest BCUT2D eigenvalue weighted by Crippen LogP contribution is -2.29. The van der Waals surface area contributed by atoms with E-state index in [0.29, 0.717) is 21.3 Å². The number of benzene rings is 2. The molecule has 1 saturated heterocycles. The highest BCUT2D eigenvalue weighted by Gasteiger charge is 2.48. The minimum Gasteiger partial charge on any atom is -0.507 e. The van der Waals surface area contributed by atoms with Crippen molar-refractivity contribution in [1.29, 1.82) is 0 Å². The summed E-state index contributed by atoms with van der Waals surface area (Å²) in [7, 11) is 0. The second-order valence-electron chi connectivity index (χ2n) is 6.19. The maximum Gasteiger partial charge on any atom is 0.301 e. The van der Waals surface area contributed by atoms with Gasteiger partial charge in [-0.3, -0.25) is 14.5 Å². The molecule has 2 aromatic carbocycles. The average Bonchev–Trinajstić information content (AvgIpc) is 3.24. The smallest absolute Gasteiger partial charge is 0.301 e. The number of anilines is 1. The molecule has 0 spiro atoms. The Labute approximate surface area is 173 Å². The van der Waals surface area contributed by atoms with E-state index in [1.807, 2.05) is 18.2 Å². The van der Waals surface area contributed by atoms with Crippen LogP contribution in [0, 0.1) is 6.92 Å². The van der Waals surface area contributed by atoms with Crippen molar-refractivity contribution in [2.75, 3.05) is 4.90 Å². The molecule has 1 aliphatic rings. The first-order chi connectivity index (χ1) is 13.5. The Morgan fingerprint density at radius 3 is 2.36 bits per heavy atom. The molecule has 1 fully saturated rings. The number of nitrogens with zero attached hydrogens (tertiary/aromatic N) is 3. The molecule has 1 aromatic heterocycles. The maximum atomic E-state index is 12.9. The molecule has 0 saturated carbocycles. The van der Waals surface area contributed by atoms with Crippen LogP contribution in [0.25, 0.3) is 5.76 Å². The second kappa shape index (κ2) is 7.29. The van der Waals surface area contributed by atoms with E-state index in [1.165, 1.54) is 16.2 Å². The van der Waals surface area contributed by atoms with Crippen molar-refractivity contribution in [2.24, 2.45) is 0 Å². The fraction of sp³-hybridized carbons (Fsp3) is 0.100. The predicted octanol–water partition coefficient (Wildman–Crippen LogP) is 4.24. The van der Waals surface area contributed by atoms with Gasteiger partial charge in [-0.2, -0.15) is 0 Å². The van der Waals surface area contributed by atoms with Crippen molar-refractivity contribution in [2.45, 2.75) is 13.0 Å². The van der Waals surface area contributed by atoms with Gasteiger partial charge in [-0.25, -0.2) is 0 Å². The van der Waals surface area contributed by atoms with Gasteiger partial charge in [0, 0.05) is 10.0 Å². The standard InChI is InChI=1S/C20H14BrN3O3S/c1-11-22-23-20(28-11)24-16(12-7-9-14(21)10-8-12)15(18(26)19(24)27)17(25)13-5-3-2-4-6-13/h2-10,16,25H,1H3. The van der Waals surface area contributed by atoms with E-state index in [1.54, 1.807) is 43.3 Å². The molecule has 140 valence electrons. The Kier molecular flexibility index (Phi) is 4.82. The maximum absolute atomic E-state index is 12.9. The molecule has 0 radical (unpaired) electrons.